The van der Waals surface area contributed by atoms with E-state index >= 15 is 0 Å². The zero-order valence-corrected chi connectivity index (χ0v) is 8.37. The molecule has 0 saturated heterocycles. The molecule has 0 saturated carbocycles. The third kappa shape index (κ3) is 1.71. The molecule has 2 aromatic rings. The van der Waals surface area contributed by atoms with Crippen LogP contribution in [-0.4, -0.2) is 5.11 Å². The second-order valence-corrected chi connectivity index (χ2v) is 3.45. The number of aryl methyl sites for hydroxylation is 1. The Balaban J connectivity index is 2.69. The van der Waals surface area contributed by atoms with Crippen LogP contribution < -0.4 is 0 Å². The van der Waals surface area contributed by atoms with Gasteiger partial charge in [-0.3, -0.25) is 0 Å². The Hall–Kier alpha value is -1.83. The first-order valence-electron chi connectivity index (χ1n) is 4.73. The van der Waals surface area contributed by atoms with Gasteiger partial charge in [-0.25, -0.2) is 4.39 Å². The molecule has 0 aliphatic heterocycles. The van der Waals surface area contributed by atoms with Crippen LogP contribution in [0.4, 0.5) is 4.39 Å². The Kier molecular flexibility index (Phi) is 2.42. The lowest BCUT2D eigenvalue weighted by molar-refractivity contribution is 0.472. The second-order valence-electron chi connectivity index (χ2n) is 3.45. The maximum atomic E-state index is 13.6. The molecule has 0 amide bonds. The van der Waals surface area contributed by atoms with Gasteiger partial charge in [-0.15, -0.1) is 0 Å². The van der Waals surface area contributed by atoms with Crippen LogP contribution in [0.15, 0.2) is 42.5 Å². The van der Waals surface area contributed by atoms with E-state index in [0.717, 1.165) is 11.1 Å². The average Bonchev–Trinajstić information content (AvgIpc) is 2.20. The molecular weight excluding hydrogens is 191 g/mol. The number of hydrogen-bond acceptors (Lipinski definition) is 1. The van der Waals surface area contributed by atoms with Crippen LogP contribution in [0.5, 0.6) is 5.75 Å². The van der Waals surface area contributed by atoms with Gasteiger partial charge in [0.2, 0.25) is 0 Å². The zero-order valence-electron chi connectivity index (χ0n) is 8.37. The summed E-state index contributed by atoms with van der Waals surface area (Å²) in [7, 11) is 0. The molecule has 0 aromatic heterocycles. The Morgan fingerprint density at radius 2 is 1.73 bits per heavy atom. The fraction of sp³-hybridized carbons (Fsp3) is 0.0769. The molecule has 76 valence electrons. The van der Waals surface area contributed by atoms with Gasteiger partial charge in [0.25, 0.3) is 0 Å². The molecule has 0 atom stereocenters. The normalized spacial score (nSPS) is 10.3. The molecule has 2 aromatic carbocycles. The first-order chi connectivity index (χ1) is 7.20. The molecule has 0 aliphatic rings. The largest absolute Gasteiger partial charge is 0.507 e. The summed E-state index contributed by atoms with van der Waals surface area (Å²) in [4.78, 5) is 0. The minimum absolute atomic E-state index is 0.0238. The van der Waals surface area contributed by atoms with Gasteiger partial charge in [0.1, 0.15) is 11.6 Å². The second kappa shape index (κ2) is 3.73. The summed E-state index contributed by atoms with van der Waals surface area (Å²) >= 11 is 0. The van der Waals surface area contributed by atoms with Crippen molar-refractivity contribution in [3.8, 4) is 16.9 Å². The van der Waals surface area contributed by atoms with Crippen LogP contribution in [0.25, 0.3) is 11.1 Å². The minimum atomic E-state index is -0.399. The van der Waals surface area contributed by atoms with Crippen LogP contribution in [-0.2, 0) is 0 Å². The van der Waals surface area contributed by atoms with Crippen molar-refractivity contribution in [1.29, 1.82) is 0 Å². The molecule has 0 bridgehead atoms. The van der Waals surface area contributed by atoms with Crippen molar-refractivity contribution < 1.29 is 9.50 Å². The lowest BCUT2D eigenvalue weighted by Crippen LogP contribution is -1.87. The van der Waals surface area contributed by atoms with E-state index in [1.54, 1.807) is 6.07 Å². The molecule has 1 nitrogen and oxygen atoms in total. The maximum Gasteiger partial charge on any atom is 0.134 e. The highest BCUT2D eigenvalue weighted by Crippen LogP contribution is 2.33. The van der Waals surface area contributed by atoms with E-state index < -0.39 is 5.82 Å². The van der Waals surface area contributed by atoms with Crippen molar-refractivity contribution in [2.24, 2.45) is 0 Å². The lowest BCUT2D eigenvalue weighted by atomic mass is 9.99. The highest BCUT2D eigenvalue weighted by molar-refractivity contribution is 5.73. The van der Waals surface area contributed by atoms with Crippen LogP contribution in [0, 0.1) is 12.7 Å². The van der Waals surface area contributed by atoms with Gasteiger partial charge < -0.3 is 5.11 Å². The lowest BCUT2D eigenvalue weighted by Gasteiger charge is -2.08. The molecule has 0 unspecified atom stereocenters. The zero-order chi connectivity index (χ0) is 10.8. The monoisotopic (exact) mass is 202 g/mol. The summed E-state index contributed by atoms with van der Waals surface area (Å²) in [6.45, 7) is 1.89. The smallest absolute Gasteiger partial charge is 0.134 e. The number of rotatable bonds is 1. The maximum absolute atomic E-state index is 13.6. The molecule has 2 rings (SSSR count). The van der Waals surface area contributed by atoms with Crippen molar-refractivity contribution >= 4 is 0 Å². The van der Waals surface area contributed by atoms with E-state index in [1.807, 2.05) is 25.1 Å². The van der Waals surface area contributed by atoms with Gasteiger partial charge in [0, 0.05) is 0 Å². The topological polar surface area (TPSA) is 20.2 Å². The van der Waals surface area contributed by atoms with Gasteiger partial charge in [0.05, 0.1) is 5.56 Å². The number of hydrogen-bond donors (Lipinski definition) is 1. The first kappa shape index (κ1) is 9.71. The van der Waals surface area contributed by atoms with Gasteiger partial charge in [-0.1, -0.05) is 30.3 Å². The van der Waals surface area contributed by atoms with E-state index in [4.69, 9.17) is 0 Å². The number of halogens is 1. The van der Waals surface area contributed by atoms with Crippen LogP contribution in [0.1, 0.15) is 5.56 Å². The van der Waals surface area contributed by atoms with E-state index in [0.29, 0.717) is 0 Å². The summed E-state index contributed by atoms with van der Waals surface area (Å²) < 4.78 is 13.6. The molecule has 0 radical (unpaired) electrons. The van der Waals surface area contributed by atoms with Crippen LogP contribution >= 0.6 is 0 Å². The molecule has 0 heterocycles. The summed E-state index contributed by atoms with van der Waals surface area (Å²) in [5.74, 6) is -0.423. The fourth-order valence-electron chi connectivity index (χ4n) is 1.63. The summed E-state index contributed by atoms with van der Waals surface area (Å²) in [5, 5.41) is 9.63. The van der Waals surface area contributed by atoms with Crippen molar-refractivity contribution in [3.05, 3.63) is 53.8 Å². The van der Waals surface area contributed by atoms with Crippen molar-refractivity contribution in [2.75, 3.05) is 0 Å². The summed E-state index contributed by atoms with van der Waals surface area (Å²) in [6.07, 6.45) is 0. The van der Waals surface area contributed by atoms with Gasteiger partial charge in [-0.05, 0) is 30.2 Å². The summed E-state index contributed by atoms with van der Waals surface area (Å²) in [5.41, 5.74) is 1.95. The Bertz CT molecular complexity index is 471. The summed E-state index contributed by atoms with van der Waals surface area (Å²) in [6, 6.07) is 11.7. The van der Waals surface area contributed by atoms with Gasteiger partial charge in [-0.2, -0.15) is 0 Å². The third-order valence-electron chi connectivity index (χ3n) is 2.41. The predicted octanol–water partition coefficient (Wildman–Crippen LogP) is 3.51. The van der Waals surface area contributed by atoms with E-state index in [9.17, 15) is 9.50 Å². The Labute approximate surface area is 87.8 Å². The van der Waals surface area contributed by atoms with Crippen LogP contribution in [0.3, 0.4) is 0 Å². The highest BCUT2D eigenvalue weighted by atomic mass is 19.1. The molecule has 1 N–H and O–H groups in total. The van der Waals surface area contributed by atoms with E-state index in [-0.39, 0.29) is 11.3 Å². The molecule has 0 fully saturated rings. The molecule has 0 spiro atoms. The molecular formula is C13H11FO. The SMILES string of the molecule is Cc1ccccc1-c1c(O)cccc1F. The van der Waals surface area contributed by atoms with Gasteiger partial charge >= 0.3 is 0 Å². The van der Waals surface area contributed by atoms with Crippen molar-refractivity contribution in [2.45, 2.75) is 6.92 Å². The van der Waals surface area contributed by atoms with E-state index in [1.165, 1.54) is 18.2 Å². The molecule has 15 heavy (non-hydrogen) atoms. The fourth-order valence-corrected chi connectivity index (χ4v) is 1.63. The number of benzene rings is 2. The molecule has 2 heteroatoms. The number of aromatic hydroxyl groups is 1. The number of phenolic OH excluding ortho intramolecular Hbond substituents is 1. The predicted molar refractivity (Wildman–Crippen MR) is 58.2 cm³/mol. The van der Waals surface area contributed by atoms with Gasteiger partial charge in [0.15, 0.2) is 0 Å². The van der Waals surface area contributed by atoms with Crippen molar-refractivity contribution in [1.82, 2.24) is 0 Å². The van der Waals surface area contributed by atoms with E-state index in [2.05, 4.69) is 0 Å². The standard InChI is InChI=1S/C13H11FO/c1-9-5-2-3-6-10(9)13-11(14)7-4-8-12(13)15/h2-8,15H,1H3. The Morgan fingerprint density at radius 3 is 2.40 bits per heavy atom. The minimum Gasteiger partial charge on any atom is -0.507 e. The molecule has 0 aliphatic carbocycles. The highest BCUT2D eigenvalue weighted by Gasteiger charge is 2.11. The first-order valence-corrected chi connectivity index (χ1v) is 4.73. The Morgan fingerprint density at radius 1 is 1.00 bits per heavy atom. The average molecular weight is 202 g/mol. The number of phenols is 1. The third-order valence-corrected chi connectivity index (χ3v) is 2.41. The quantitative estimate of drug-likeness (QED) is 0.750. The van der Waals surface area contributed by atoms with Crippen molar-refractivity contribution in [3.63, 3.8) is 0 Å². The van der Waals surface area contributed by atoms with Crippen LogP contribution in [0.2, 0.25) is 0 Å².